The molecule has 0 radical (unpaired) electrons. The van der Waals surface area contributed by atoms with Crippen LogP contribution < -0.4 is 5.32 Å². The van der Waals surface area contributed by atoms with E-state index in [4.69, 9.17) is 9.47 Å². The van der Waals surface area contributed by atoms with Gasteiger partial charge in [0.15, 0.2) is 6.29 Å². The predicted octanol–water partition coefficient (Wildman–Crippen LogP) is 17.9. The average molecular weight is 1120 g/mol. The summed E-state index contributed by atoms with van der Waals surface area (Å²) in [5.74, 6) is -0.209. The Bertz CT molecular complexity index is 1580. The molecule has 0 spiro atoms. The Hall–Kier alpha value is -2.89. The summed E-state index contributed by atoms with van der Waals surface area (Å²) in [4.78, 5) is 13.1. The van der Waals surface area contributed by atoms with Gasteiger partial charge in [0.05, 0.1) is 25.4 Å². The molecule has 1 fully saturated rings. The highest BCUT2D eigenvalue weighted by Gasteiger charge is 2.44. The number of hydrogen-bond donors (Lipinski definition) is 6. The van der Waals surface area contributed by atoms with Crippen LogP contribution in [0.2, 0.25) is 0 Å². The van der Waals surface area contributed by atoms with Gasteiger partial charge in [0, 0.05) is 6.42 Å². The van der Waals surface area contributed by atoms with Crippen molar-refractivity contribution in [2.24, 2.45) is 0 Å². The van der Waals surface area contributed by atoms with E-state index in [1.165, 1.54) is 180 Å². The molecule has 1 amide bonds. The van der Waals surface area contributed by atoms with Crippen molar-refractivity contribution < 1.29 is 39.8 Å². The van der Waals surface area contributed by atoms with Gasteiger partial charge >= 0.3 is 0 Å². The number of nitrogens with one attached hydrogen (secondary N) is 1. The highest BCUT2D eigenvalue weighted by Crippen LogP contribution is 2.23. The van der Waals surface area contributed by atoms with E-state index in [2.05, 4.69) is 104 Å². The van der Waals surface area contributed by atoms with Gasteiger partial charge in [0.25, 0.3) is 0 Å². The fourth-order valence-electron chi connectivity index (χ4n) is 10.2. The molecule has 1 aliphatic heterocycles. The van der Waals surface area contributed by atoms with E-state index >= 15 is 0 Å². The second kappa shape index (κ2) is 59.3. The molecule has 0 aromatic heterocycles. The van der Waals surface area contributed by atoms with E-state index in [9.17, 15) is 30.3 Å². The molecular formula is C71H125NO8. The first-order valence-electron chi connectivity index (χ1n) is 33.5. The van der Waals surface area contributed by atoms with E-state index in [0.29, 0.717) is 12.8 Å². The molecule has 462 valence electrons. The van der Waals surface area contributed by atoms with Crippen molar-refractivity contribution >= 4 is 5.91 Å². The zero-order chi connectivity index (χ0) is 57.9. The van der Waals surface area contributed by atoms with Gasteiger partial charge in [-0.05, 0) is 77.0 Å². The average Bonchev–Trinajstić information content (AvgIpc) is 3.46. The Labute approximate surface area is 492 Å². The summed E-state index contributed by atoms with van der Waals surface area (Å²) < 4.78 is 11.3. The van der Waals surface area contributed by atoms with Crippen LogP contribution in [0.1, 0.15) is 290 Å². The third-order valence-corrected chi connectivity index (χ3v) is 15.4. The molecule has 9 heteroatoms. The zero-order valence-corrected chi connectivity index (χ0v) is 51.6. The number of carbonyl (C=O) groups is 1. The van der Waals surface area contributed by atoms with Gasteiger partial charge in [-0.2, -0.15) is 0 Å². The summed E-state index contributed by atoms with van der Waals surface area (Å²) >= 11 is 0. The molecule has 1 rings (SSSR count). The molecule has 9 nitrogen and oxygen atoms in total. The van der Waals surface area contributed by atoms with Crippen LogP contribution in [0.5, 0.6) is 0 Å². The van der Waals surface area contributed by atoms with Crippen LogP contribution in [-0.2, 0) is 14.3 Å². The standard InChI is InChI=1S/C71H125NO8/c1-3-5-7-9-11-13-15-17-19-21-23-25-27-29-30-31-32-33-34-35-37-38-40-42-44-46-48-50-52-54-56-58-60-65(74)64(63-79-71-70(78)69(77)68(76)66(62-73)80-71)72-67(75)61-59-57-55-53-51-49-47-45-43-41-39-36-28-26-24-22-20-18-16-14-12-10-8-6-4-2/h6,8,12,14,18,20,24,26,36,39,43,45,49,51,58,60,64-66,68-71,73-74,76-78H,3-5,7,9-11,13,15-17,19,21-23,25,27-35,37-38,40-42,44,46-48,50,52-57,59,61-63H2,1-2H3,(H,72,75)/b8-6-,14-12-,20-18-,26-24-,39-36-,45-43-,51-49-,60-58+. The van der Waals surface area contributed by atoms with Crippen molar-refractivity contribution in [2.75, 3.05) is 13.2 Å². The summed E-state index contributed by atoms with van der Waals surface area (Å²) in [5.41, 5.74) is 0. The van der Waals surface area contributed by atoms with E-state index < -0.39 is 49.5 Å². The molecule has 0 bridgehead atoms. The topological polar surface area (TPSA) is 149 Å². The fourth-order valence-corrected chi connectivity index (χ4v) is 10.2. The number of unbranched alkanes of at least 4 members (excludes halogenated alkanes) is 33. The van der Waals surface area contributed by atoms with Crippen molar-refractivity contribution in [3.8, 4) is 0 Å². The minimum atomic E-state index is -1.58. The number of hydrogen-bond acceptors (Lipinski definition) is 8. The van der Waals surface area contributed by atoms with Crippen molar-refractivity contribution in [1.29, 1.82) is 0 Å². The third-order valence-electron chi connectivity index (χ3n) is 15.4. The molecular weight excluding hydrogens is 995 g/mol. The van der Waals surface area contributed by atoms with Crippen LogP contribution >= 0.6 is 0 Å². The van der Waals surface area contributed by atoms with E-state index in [1.54, 1.807) is 6.08 Å². The molecule has 0 aliphatic carbocycles. The highest BCUT2D eigenvalue weighted by molar-refractivity contribution is 5.76. The monoisotopic (exact) mass is 1120 g/mol. The SMILES string of the molecule is CC/C=C\C/C=C\C/C=C\C/C=C\C/C=C\C/C=C\C/C=C\CCCCCC(=O)NC(COC1OC(CO)C(O)C(O)C1O)C(O)/C=C/CCCCCCCCCCCCCCCCCCCCCCCCCCCCCCCC. The largest absolute Gasteiger partial charge is 0.394 e. The lowest BCUT2D eigenvalue weighted by Gasteiger charge is -2.40. The summed E-state index contributed by atoms with van der Waals surface area (Å²) in [6, 6.07) is -0.832. The molecule has 6 N–H and O–H groups in total. The Morgan fingerprint density at radius 3 is 1.15 bits per heavy atom. The van der Waals surface area contributed by atoms with Crippen LogP contribution in [0.25, 0.3) is 0 Å². The van der Waals surface area contributed by atoms with Crippen LogP contribution in [0.15, 0.2) is 97.2 Å². The first-order chi connectivity index (χ1) is 39.3. The lowest BCUT2D eigenvalue weighted by atomic mass is 9.99. The molecule has 7 unspecified atom stereocenters. The summed E-state index contributed by atoms with van der Waals surface area (Å²) in [6.45, 7) is 3.67. The lowest BCUT2D eigenvalue weighted by Crippen LogP contribution is -2.60. The quantitative estimate of drug-likeness (QED) is 0.0261. The Morgan fingerprint density at radius 1 is 0.438 bits per heavy atom. The van der Waals surface area contributed by atoms with Crippen molar-refractivity contribution in [3.63, 3.8) is 0 Å². The van der Waals surface area contributed by atoms with Gasteiger partial charge < -0.3 is 40.3 Å². The summed E-state index contributed by atoms with van der Waals surface area (Å²) in [7, 11) is 0. The zero-order valence-electron chi connectivity index (χ0n) is 51.6. The molecule has 7 atom stereocenters. The van der Waals surface area contributed by atoms with E-state index in [-0.39, 0.29) is 12.5 Å². The van der Waals surface area contributed by atoms with Gasteiger partial charge in [0.1, 0.15) is 24.4 Å². The highest BCUT2D eigenvalue weighted by atomic mass is 16.7. The van der Waals surface area contributed by atoms with Crippen molar-refractivity contribution in [3.05, 3.63) is 97.2 Å². The van der Waals surface area contributed by atoms with Crippen molar-refractivity contribution in [2.45, 2.75) is 333 Å². The molecule has 1 saturated heterocycles. The number of aliphatic hydroxyl groups excluding tert-OH is 5. The lowest BCUT2D eigenvalue weighted by molar-refractivity contribution is -0.302. The van der Waals surface area contributed by atoms with Gasteiger partial charge in [-0.1, -0.05) is 304 Å². The minimum absolute atomic E-state index is 0.207. The molecule has 0 aromatic carbocycles. The number of allylic oxidation sites excluding steroid dienone is 15. The summed E-state index contributed by atoms with van der Waals surface area (Å²) in [5, 5.41) is 54.7. The number of ether oxygens (including phenoxy) is 2. The maximum absolute atomic E-state index is 13.1. The first-order valence-corrected chi connectivity index (χ1v) is 33.5. The van der Waals surface area contributed by atoms with Crippen LogP contribution in [0, 0.1) is 0 Å². The Morgan fingerprint density at radius 2 is 0.775 bits per heavy atom. The van der Waals surface area contributed by atoms with Gasteiger partial charge in [-0.15, -0.1) is 0 Å². The fraction of sp³-hybridized carbons (Fsp3) is 0.761. The van der Waals surface area contributed by atoms with Gasteiger partial charge in [-0.3, -0.25) is 4.79 Å². The number of carbonyl (C=O) groups excluding carboxylic acids is 1. The van der Waals surface area contributed by atoms with Gasteiger partial charge in [-0.25, -0.2) is 0 Å². The van der Waals surface area contributed by atoms with E-state index in [1.807, 2.05) is 6.08 Å². The van der Waals surface area contributed by atoms with Crippen molar-refractivity contribution in [1.82, 2.24) is 5.32 Å². The third kappa shape index (κ3) is 47.6. The predicted molar refractivity (Wildman–Crippen MR) is 341 cm³/mol. The molecule has 0 saturated carbocycles. The molecule has 80 heavy (non-hydrogen) atoms. The first kappa shape index (κ1) is 75.1. The Balaban J connectivity index is 2.19. The van der Waals surface area contributed by atoms with Gasteiger partial charge in [0.2, 0.25) is 5.91 Å². The smallest absolute Gasteiger partial charge is 0.220 e. The number of aliphatic hydroxyl groups is 5. The Kier molecular flexibility index (Phi) is 55.7. The van der Waals surface area contributed by atoms with E-state index in [0.717, 1.165) is 83.5 Å². The summed E-state index contributed by atoms with van der Waals surface area (Å²) in [6.07, 6.45) is 79.3. The normalized spacial score (nSPS) is 19.1. The van der Waals surface area contributed by atoms with Crippen LogP contribution in [0.3, 0.4) is 0 Å². The second-order valence-electron chi connectivity index (χ2n) is 22.9. The second-order valence-corrected chi connectivity index (χ2v) is 22.9. The number of amides is 1. The maximum atomic E-state index is 13.1. The van der Waals surface area contributed by atoms with Crippen LogP contribution in [0.4, 0.5) is 0 Å². The molecule has 1 heterocycles. The number of rotatable bonds is 57. The molecule has 1 aliphatic rings. The van der Waals surface area contributed by atoms with Crippen LogP contribution in [-0.4, -0.2) is 87.5 Å². The minimum Gasteiger partial charge on any atom is -0.394 e. The maximum Gasteiger partial charge on any atom is 0.220 e. The molecule has 0 aromatic rings.